The third kappa shape index (κ3) is 7.78. The number of ether oxygens (including phenoxy) is 1. The van der Waals surface area contributed by atoms with Crippen molar-refractivity contribution < 1.29 is 31.4 Å². The van der Waals surface area contributed by atoms with E-state index in [0.29, 0.717) is 13.0 Å². The van der Waals surface area contributed by atoms with Crippen molar-refractivity contribution in [2.45, 2.75) is 27.2 Å². The molecule has 0 saturated heterocycles. The van der Waals surface area contributed by atoms with E-state index in [1.807, 2.05) is 62.4 Å². The molecule has 2 aromatic carbocycles. The van der Waals surface area contributed by atoms with Gasteiger partial charge in [0.05, 0.1) is 6.61 Å². The van der Waals surface area contributed by atoms with Gasteiger partial charge in [0.1, 0.15) is 0 Å². The maximum absolute atomic E-state index is 11.1. The van der Waals surface area contributed by atoms with E-state index in [1.54, 1.807) is 6.92 Å². The smallest absolute Gasteiger partial charge is 0.289 e. The standard InChI is InChI=1S/C11H13O2.C8H9O.Fe/c1-3-13-11(12)8-9(2)10-6-4-5-7-10;1-2-8(9)7-5-3-4-6-7;/h4-8H,3H2,1-2H3;3-6H,2H2,1H3;/q-1;-5;. The Morgan fingerprint density at radius 1 is 1.13 bits per heavy atom. The molecule has 0 atom stereocenters. The van der Waals surface area contributed by atoms with Crippen LogP contribution in [0.3, 0.4) is 0 Å². The van der Waals surface area contributed by atoms with E-state index in [9.17, 15) is 9.59 Å². The minimum Gasteiger partial charge on any atom is -0.718 e. The minimum atomic E-state index is -0.277. The first-order chi connectivity index (χ1) is 10.6. The Bertz CT molecular complexity index is 593. The Kier molecular flexibility index (Phi) is 10.7. The quantitative estimate of drug-likeness (QED) is 0.263. The predicted octanol–water partition coefficient (Wildman–Crippen LogP) is 4.37. The molecule has 0 aromatic heterocycles. The number of rotatable bonds is 5. The van der Waals surface area contributed by atoms with Gasteiger partial charge in [-0.05, 0) is 13.0 Å². The Labute approximate surface area is 148 Å². The summed E-state index contributed by atoms with van der Waals surface area (Å²) < 4.78 is 4.80. The van der Waals surface area contributed by atoms with Crippen molar-refractivity contribution in [3.05, 3.63) is 65.7 Å². The monoisotopic (exact) mass is 354 g/mol. The third-order valence-corrected chi connectivity index (χ3v) is 3.04. The molecule has 3 nitrogen and oxygen atoms in total. The van der Waals surface area contributed by atoms with Crippen LogP contribution in [0.4, 0.5) is 0 Å². The molecule has 0 radical (unpaired) electrons. The number of Topliss-reactive ketones (excluding diaryl/α,β-unsaturated/α-hetero) is 1. The molecule has 0 aliphatic heterocycles. The molecule has 2 aromatic rings. The Morgan fingerprint density at radius 3 is 2.17 bits per heavy atom. The molecule has 0 bridgehead atoms. The van der Waals surface area contributed by atoms with Gasteiger partial charge in [0.15, 0.2) is 0 Å². The molecule has 0 N–H and O–H groups in total. The van der Waals surface area contributed by atoms with Crippen LogP contribution < -0.4 is 0 Å². The van der Waals surface area contributed by atoms with Gasteiger partial charge in [-0.3, -0.25) is 10.6 Å². The predicted molar refractivity (Wildman–Crippen MR) is 89.0 cm³/mol. The Balaban J connectivity index is 0.000000427. The van der Waals surface area contributed by atoms with Crippen molar-refractivity contribution in [1.82, 2.24) is 0 Å². The van der Waals surface area contributed by atoms with Crippen molar-refractivity contribution in [1.29, 1.82) is 0 Å². The molecule has 0 amide bonds. The number of carbonyl (C=O) groups is 2. The molecule has 2 rings (SSSR count). The van der Waals surface area contributed by atoms with Gasteiger partial charge in [-0.1, -0.05) is 13.8 Å². The van der Waals surface area contributed by atoms with Crippen molar-refractivity contribution in [2.24, 2.45) is 0 Å². The molecule has 0 spiro atoms. The first-order valence-corrected chi connectivity index (χ1v) is 7.40. The van der Waals surface area contributed by atoms with Crippen LogP contribution in [-0.2, 0) is 26.6 Å². The second-order valence-corrected chi connectivity index (χ2v) is 4.70. The second-order valence-electron chi connectivity index (χ2n) is 4.70. The van der Waals surface area contributed by atoms with Gasteiger partial charge in [-0.2, -0.15) is 12.1 Å². The van der Waals surface area contributed by atoms with E-state index in [1.165, 1.54) is 6.08 Å². The largest absolute Gasteiger partial charge is 0.718 e. The average Bonchev–Trinajstić information content (AvgIpc) is 3.20. The maximum atomic E-state index is 11.1. The van der Waals surface area contributed by atoms with Gasteiger partial charge in [0, 0.05) is 17.1 Å². The van der Waals surface area contributed by atoms with Crippen molar-refractivity contribution >= 4 is 17.3 Å². The number of allylic oxidation sites excluding steroid dienone is 1. The molecular formula is C19H22FeO3-6. The first kappa shape index (κ1) is 21.1. The van der Waals surface area contributed by atoms with Crippen LogP contribution in [0.5, 0.6) is 0 Å². The summed E-state index contributed by atoms with van der Waals surface area (Å²) in [6.45, 7) is 5.98. The van der Waals surface area contributed by atoms with E-state index in [4.69, 9.17) is 4.74 Å². The van der Waals surface area contributed by atoms with E-state index < -0.39 is 0 Å². The maximum Gasteiger partial charge on any atom is 0.289 e. The zero-order valence-corrected chi connectivity index (χ0v) is 14.8. The zero-order valence-electron chi connectivity index (χ0n) is 13.7. The van der Waals surface area contributed by atoms with Crippen LogP contribution in [0, 0.1) is 0 Å². The number of carbonyl (C=O) groups excluding carboxylic acids is 2. The van der Waals surface area contributed by atoms with Crippen LogP contribution in [0.25, 0.3) is 5.57 Å². The van der Waals surface area contributed by atoms with Crippen molar-refractivity contribution in [2.75, 3.05) is 6.61 Å². The van der Waals surface area contributed by atoms with Crippen LogP contribution in [-0.4, -0.2) is 18.4 Å². The fraction of sp³-hybridized carbons (Fsp3) is 0.263. The number of ketones is 1. The normalized spacial score (nSPS) is 10.1. The number of hydrogen-bond donors (Lipinski definition) is 0. The van der Waals surface area contributed by atoms with Crippen LogP contribution >= 0.6 is 0 Å². The van der Waals surface area contributed by atoms with E-state index in [0.717, 1.165) is 16.7 Å². The van der Waals surface area contributed by atoms with E-state index >= 15 is 0 Å². The summed E-state index contributed by atoms with van der Waals surface area (Å²) in [5.74, 6) is -0.0544. The van der Waals surface area contributed by atoms with Crippen molar-refractivity contribution in [3.63, 3.8) is 0 Å². The van der Waals surface area contributed by atoms with E-state index in [2.05, 4.69) is 0 Å². The summed E-state index contributed by atoms with van der Waals surface area (Å²) in [7, 11) is 0. The van der Waals surface area contributed by atoms with E-state index in [-0.39, 0.29) is 28.8 Å². The summed E-state index contributed by atoms with van der Waals surface area (Å²) in [6.07, 6.45) is 2.11. The third-order valence-electron chi connectivity index (χ3n) is 3.04. The average molecular weight is 354 g/mol. The zero-order chi connectivity index (χ0) is 16.4. The van der Waals surface area contributed by atoms with Gasteiger partial charge in [-0.25, -0.2) is 0 Å². The summed E-state index contributed by atoms with van der Waals surface area (Å²) in [5.41, 5.74) is 2.83. The summed E-state index contributed by atoms with van der Waals surface area (Å²) in [5, 5.41) is 0. The van der Waals surface area contributed by atoms with Gasteiger partial charge in [0.25, 0.3) is 5.97 Å². The molecule has 0 aliphatic carbocycles. The molecule has 130 valence electrons. The van der Waals surface area contributed by atoms with Gasteiger partial charge >= 0.3 is 0 Å². The number of hydrogen-bond acceptors (Lipinski definition) is 3. The fourth-order valence-electron chi connectivity index (χ4n) is 1.84. The minimum absolute atomic E-state index is 0. The molecule has 0 aliphatic rings. The first-order valence-electron chi connectivity index (χ1n) is 7.40. The summed E-state index contributed by atoms with van der Waals surface area (Å²) in [4.78, 5) is 21.9. The van der Waals surface area contributed by atoms with Crippen LogP contribution in [0.1, 0.15) is 43.1 Å². The molecule has 4 heteroatoms. The van der Waals surface area contributed by atoms with Gasteiger partial charge < -0.3 is 39.4 Å². The second kappa shape index (κ2) is 11.6. The topological polar surface area (TPSA) is 43.4 Å². The summed E-state index contributed by atoms with van der Waals surface area (Å²) >= 11 is 0. The molecule has 0 heterocycles. The van der Waals surface area contributed by atoms with Gasteiger partial charge in [0.2, 0.25) is 0 Å². The number of esters is 1. The van der Waals surface area contributed by atoms with Gasteiger partial charge in [-0.15, -0.1) is 29.7 Å². The SMILES string of the molecule is CCC(=O)[c-]1[cH-][cH-][cH-][cH-]1.CCOC(=O)C=C(C)[c-]1cccc1.[Fe]. The van der Waals surface area contributed by atoms with Crippen LogP contribution in [0.15, 0.2) is 54.6 Å². The molecule has 23 heavy (non-hydrogen) atoms. The Hall–Kier alpha value is -1.90. The molecular weight excluding hydrogens is 332 g/mol. The fourth-order valence-corrected chi connectivity index (χ4v) is 1.84. The van der Waals surface area contributed by atoms with Crippen molar-refractivity contribution in [3.8, 4) is 0 Å². The Morgan fingerprint density at radius 2 is 1.70 bits per heavy atom. The molecule has 0 saturated carbocycles. The molecule has 0 fully saturated rings. The summed E-state index contributed by atoms with van der Waals surface area (Å²) in [6, 6.07) is 15.2. The van der Waals surface area contributed by atoms with Crippen LogP contribution in [0.2, 0.25) is 0 Å². The molecule has 0 unspecified atom stereocenters.